The summed E-state index contributed by atoms with van der Waals surface area (Å²) in [4.78, 5) is 70.7. The summed E-state index contributed by atoms with van der Waals surface area (Å²) in [5.74, 6) is -1.55. The lowest BCUT2D eigenvalue weighted by Crippen LogP contribution is -2.54. The van der Waals surface area contributed by atoms with Crippen LogP contribution in [0.4, 0.5) is 15.9 Å². The van der Waals surface area contributed by atoms with E-state index in [9.17, 15) is 24.0 Å². The monoisotopic (exact) mass is 811 g/mol. The minimum atomic E-state index is -1.10. The Labute approximate surface area is 339 Å². The van der Waals surface area contributed by atoms with Crippen LogP contribution in [0.15, 0.2) is 42.5 Å². The maximum Gasteiger partial charge on any atom is 0.272 e. The van der Waals surface area contributed by atoms with Crippen molar-refractivity contribution < 1.29 is 33.1 Å². The predicted molar refractivity (Wildman–Crippen MR) is 209 cm³/mol. The lowest BCUT2D eigenvalue weighted by molar-refractivity contribution is -0.136. The molecule has 4 aliphatic heterocycles. The number of rotatable bonds is 9. The van der Waals surface area contributed by atoms with Crippen LogP contribution in [0.25, 0.3) is 0 Å². The maximum absolute atomic E-state index is 15.4. The highest BCUT2D eigenvalue weighted by atomic mass is 35.5. The second-order valence-electron chi connectivity index (χ2n) is 15.6. The zero-order valence-corrected chi connectivity index (χ0v) is 32.5. The third kappa shape index (κ3) is 8.19. The first-order valence-electron chi connectivity index (χ1n) is 19.8. The number of benzene rings is 2. The van der Waals surface area contributed by atoms with E-state index in [1.807, 2.05) is 17.0 Å². The lowest BCUT2D eigenvalue weighted by atomic mass is 9.93. The summed E-state index contributed by atoms with van der Waals surface area (Å²) in [6.07, 6.45) is 5.07. The number of fused-ring (bicyclic) bond motifs is 1. The SMILES string of the molecule is N#Cc1ccc(O[C@H]2CC[C@H](NC(=O)c3ccc(N4CCC(CN5CCN(c6cc7c(cc6F)C(=O)N(C6CCC(=O)NC6=O)C7=O)CC5)CC4)nn3)CC2)cc1Cl. The molecule has 15 nitrogen and oxygen atoms in total. The Morgan fingerprint density at radius 1 is 0.879 bits per heavy atom. The molecule has 0 spiro atoms. The van der Waals surface area contributed by atoms with E-state index in [2.05, 4.69) is 30.6 Å². The molecule has 58 heavy (non-hydrogen) atoms. The number of amides is 5. The number of piperidine rings is 2. The van der Waals surface area contributed by atoms with Gasteiger partial charge in [-0.15, -0.1) is 10.2 Å². The number of nitrogens with one attached hydrogen (secondary N) is 2. The van der Waals surface area contributed by atoms with Crippen LogP contribution < -0.4 is 25.2 Å². The highest BCUT2D eigenvalue weighted by Crippen LogP contribution is 2.34. The molecule has 4 fully saturated rings. The molecule has 2 aromatic carbocycles. The minimum absolute atomic E-state index is 0.00529. The van der Waals surface area contributed by atoms with E-state index in [4.69, 9.17) is 21.6 Å². The Morgan fingerprint density at radius 2 is 1.60 bits per heavy atom. The molecule has 1 atom stereocenters. The summed E-state index contributed by atoms with van der Waals surface area (Å²) in [7, 11) is 0. The molecule has 1 aliphatic carbocycles. The van der Waals surface area contributed by atoms with Gasteiger partial charge in [-0.3, -0.25) is 39.1 Å². The normalized spacial score (nSPS) is 23.1. The number of nitrogens with zero attached hydrogens (tertiary/aromatic N) is 7. The largest absolute Gasteiger partial charge is 0.490 e. The maximum atomic E-state index is 15.4. The topological polar surface area (TPSA) is 181 Å². The third-order valence-electron chi connectivity index (χ3n) is 11.9. The van der Waals surface area contributed by atoms with Gasteiger partial charge in [0.2, 0.25) is 11.8 Å². The number of piperazine rings is 1. The molecule has 0 radical (unpaired) electrons. The standard InChI is InChI=1S/C41H43ClFN9O6/c42-31-19-28(4-1-25(31)22-44)58-27-5-2-26(3-6-27)45-38(54)33-7-9-36(48-47-33)51-13-11-24(12-14-51)23-49-15-17-50(18-16-49)35-21-30-29(20-32(35)43)40(56)52(41(30)57)34-8-10-37(53)46-39(34)55/h1,4,7,9,19-21,24,26-27,34H,2-3,5-6,8,10-18,23H2,(H,45,54)(H,46,53,55)/t26-,27-,34?. The first-order valence-corrected chi connectivity index (χ1v) is 20.2. The van der Waals surface area contributed by atoms with E-state index in [1.54, 1.807) is 24.3 Å². The van der Waals surface area contributed by atoms with E-state index in [0.29, 0.717) is 48.4 Å². The van der Waals surface area contributed by atoms with Crippen LogP contribution in [-0.2, 0) is 9.59 Å². The van der Waals surface area contributed by atoms with Crippen molar-refractivity contribution in [1.29, 1.82) is 5.26 Å². The van der Waals surface area contributed by atoms with Crippen molar-refractivity contribution in [1.82, 2.24) is 30.6 Å². The number of nitriles is 1. The van der Waals surface area contributed by atoms with Gasteiger partial charge in [-0.2, -0.15) is 5.26 Å². The van der Waals surface area contributed by atoms with E-state index >= 15 is 4.39 Å². The number of anilines is 2. The van der Waals surface area contributed by atoms with Gasteiger partial charge in [0.1, 0.15) is 23.7 Å². The van der Waals surface area contributed by atoms with Gasteiger partial charge in [0.15, 0.2) is 11.5 Å². The van der Waals surface area contributed by atoms with E-state index in [0.717, 1.165) is 74.9 Å². The average molecular weight is 812 g/mol. The molecule has 3 aromatic rings. The van der Waals surface area contributed by atoms with Gasteiger partial charge in [-0.05, 0) is 87.3 Å². The summed E-state index contributed by atoms with van der Waals surface area (Å²) in [5.41, 5.74) is 0.931. The van der Waals surface area contributed by atoms with Crippen LogP contribution in [0.3, 0.4) is 0 Å². The summed E-state index contributed by atoms with van der Waals surface area (Å²) in [5, 5.41) is 23.4. The predicted octanol–water partition coefficient (Wildman–Crippen LogP) is 3.70. The fraction of sp³-hybridized carbons (Fsp3) is 0.463. The zero-order valence-electron chi connectivity index (χ0n) is 31.8. The molecule has 3 saturated heterocycles. The quantitative estimate of drug-likeness (QED) is 0.300. The number of halogens is 2. The van der Waals surface area contributed by atoms with Gasteiger partial charge in [0, 0.05) is 64.3 Å². The van der Waals surface area contributed by atoms with Gasteiger partial charge in [0.05, 0.1) is 33.5 Å². The third-order valence-corrected chi connectivity index (χ3v) is 12.2. The van der Waals surface area contributed by atoms with Crippen molar-refractivity contribution in [3.63, 3.8) is 0 Å². The second kappa shape index (κ2) is 16.7. The molecule has 302 valence electrons. The summed E-state index contributed by atoms with van der Waals surface area (Å²) < 4.78 is 21.5. The Balaban J connectivity index is 0.764. The van der Waals surface area contributed by atoms with Gasteiger partial charge >= 0.3 is 0 Å². The van der Waals surface area contributed by atoms with E-state index < -0.39 is 35.5 Å². The number of ether oxygens (including phenoxy) is 1. The Bertz CT molecular complexity index is 2160. The molecule has 1 saturated carbocycles. The summed E-state index contributed by atoms with van der Waals surface area (Å²) >= 11 is 6.14. The highest BCUT2D eigenvalue weighted by molar-refractivity contribution is 6.31. The molecular weight excluding hydrogens is 769 g/mol. The Hall–Kier alpha value is -5.66. The summed E-state index contributed by atoms with van der Waals surface area (Å²) in [6, 6.07) is 12.1. The Morgan fingerprint density at radius 3 is 2.26 bits per heavy atom. The molecule has 1 aromatic heterocycles. The van der Waals surface area contributed by atoms with Crippen LogP contribution in [0, 0.1) is 23.1 Å². The highest BCUT2D eigenvalue weighted by Gasteiger charge is 2.45. The number of carbonyl (C=O) groups excluding carboxylic acids is 5. The van der Waals surface area contributed by atoms with Gasteiger partial charge in [0.25, 0.3) is 17.7 Å². The second-order valence-corrected chi connectivity index (χ2v) is 16.0. The van der Waals surface area contributed by atoms with Crippen LogP contribution >= 0.6 is 11.6 Å². The van der Waals surface area contributed by atoms with Gasteiger partial charge in [-0.25, -0.2) is 4.39 Å². The van der Waals surface area contributed by atoms with Crippen LogP contribution in [0.2, 0.25) is 5.02 Å². The molecule has 0 bridgehead atoms. The number of hydrogen-bond acceptors (Lipinski definition) is 12. The minimum Gasteiger partial charge on any atom is -0.490 e. The molecule has 5 heterocycles. The molecule has 5 aliphatic rings. The number of hydrogen-bond donors (Lipinski definition) is 2. The molecule has 17 heteroatoms. The number of aromatic nitrogens is 2. The first kappa shape index (κ1) is 39.2. The fourth-order valence-corrected chi connectivity index (χ4v) is 8.87. The fourth-order valence-electron chi connectivity index (χ4n) is 8.65. The number of imide groups is 2. The molecule has 8 rings (SSSR count). The lowest BCUT2D eigenvalue weighted by Gasteiger charge is -2.39. The summed E-state index contributed by atoms with van der Waals surface area (Å²) in [6.45, 7) is 5.06. The molecule has 1 unspecified atom stereocenters. The van der Waals surface area contributed by atoms with Crippen molar-refractivity contribution in [3.8, 4) is 11.8 Å². The van der Waals surface area contributed by atoms with Gasteiger partial charge in [-0.1, -0.05) is 11.6 Å². The average Bonchev–Trinajstić information content (AvgIpc) is 3.46. The smallest absolute Gasteiger partial charge is 0.272 e. The first-order chi connectivity index (χ1) is 28.0. The van der Waals surface area contributed by atoms with Crippen LogP contribution in [0.5, 0.6) is 5.75 Å². The van der Waals surface area contributed by atoms with E-state index in [-0.39, 0.29) is 53.4 Å². The van der Waals surface area contributed by atoms with Crippen molar-refractivity contribution >= 4 is 52.6 Å². The zero-order chi connectivity index (χ0) is 40.5. The van der Waals surface area contributed by atoms with E-state index in [1.165, 1.54) is 6.07 Å². The molecular formula is C41H43ClFN9O6. The van der Waals surface area contributed by atoms with Crippen molar-refractivity contribution in [2.75, 3.05) is 55.6 Å². The molecule has 5 amide bonds. The van der Waals surface area contributed by atoms with Crippen molar-refractivity contribution in [2.24, 2.45) is 5.92 Å². The molecule has 2 N–H and O–H groups in total. The number of carbonyl (C=O) groups is 5. The van der Waals surface area contributed by atoms with Crippen molar-refractivity contribution in [2.45, 2.75) is 69.6 Å². The van der Waals surface area contributed by atoms with Crippen LogP contribution in [-0.4, -0.2) is 114 Å². The van der Waals surface area contributed by atoms with Crippen LogP contribution in [0.1, 0.15) is 88.1 Å². The Kier molecular flexibility index (Phi) is 11.3. The van der Waals surface area contributed by atoms with Gasteiger partial charge < -0.3 is 19.9 Å². The van der Waals surface area contributed by atoms with Crippen molar-refractivity contribution in [3.05, 3.63) is 75.7 Å².